The van der Waals surface area contributed by atoms with E-state index in [0.29, 0.717) is 35.5 Å². The Morgan fingerprint density at radius 2 is 1.97 bits per heavy atom. The monoisotopic (exact) mass is 417 g/mol. The van der Waals surface area contributed by atoms with Crippen LogP contribution < -0.4 is 0 Å². The number of ketones is 1. The van der Waals surface area contributed by atoms with E-state index >= 15 is 0 Å². The van der Waals surface area contributed by atoms with Crippen LogP contribution in [0.4, 0.5) is 0 Å². The first-order valence-electron chi connectivity index (χ1n) is 11.7. The van der Waals surface area contributed by atoms with Crippen molar-refractivity contribution >= 4 is 11.8 Å². The van der Waals surface area contributed by atoms with E-state index in [9.17, 15) is 9.59 Å². The van der Waals surface area contributed by atoms with E-state index in [1.165, 1.54) is 5.57 Å². The van der Waals surface area contributed by atoms with Crippen molar-refractivity contribution in [1.29, 1.82) is 0 Å². The molecule has 0 radical (unpaired) electrons. The third kappa shape index (κ3) is 2.85. The number of aromatic nitrogens is 1. The maximum atomic E-state index is 12.9. The fourth-order valence-electron chi connectivity index (χ4n) is 7.69. The summed E-state index contributed by atoms with van der Waals surface area (Å²) in [6, 6.07) is 3.47. The first-order valence-corrected chi connectivity index (χ1v) is 11.7. The van der Waals surface area contributed by atoms with Crippen molar-refractivity contribution in [3.05, 3.63) is 41.7 Å². The Morgan fingerprint density at radius 1 is 1.16 bits per heavy atom. The number of carbonyl (C=O) groups is 2. The van der Waals surface area contributed by atoms with Gasteiger partial charge in [0.2, 0.25) is 0 Å². The van der Waals surface area contributed by atoms with Crippen LogP contribution in [0.5, 0.6) is 0 Å². The van der Waals surface area contributed by atoms with Gasteiger partial charge in [0.25, 0.3) is 0 Å². The smallest absolute Gasteiger partial charge is 0.341 e. The molecule has 1 aromatic rings. The van der Waals surface area contributed by atoms with Gasteiger partial charge in [-0.1, -0.05) is 25.3 Å². The van der Waals surface area contributed by atoms with E-state index in [1.54, 1.807) is 24.5 Å². The van der Waals surface area contributed by atoms with Gasteiger partial charge in [-0.05, 0) is 86.3 Å². The summed E-state index contributed by atoms with van der Waals surface area (Å²) in [7, 11) is 0. The van der Waals surface area contributed by atoms with Gasteiger partial charge < -0.3 is 4.74 Å². The lowest BCUT2D eigenvalue weighted by Crippen LogP contribution is -2.55. The predicted octanol–water partition coefficient (Wildman–Crippen LogP) is 5.14. The number of hydrogen-bond donors (Lipinski definition) is 0. The molecule has 4 heteroatoms. The van der Waals surface area contributed by atoms with Crippen molar-refractivity contribution in [2.24, 2.45) is 28.6 Å². The van der Waals surface area contributed by atoms with E-state index in [2.05, 4.69) is 24.8 Å². The maximum Gasteiger partial charge on any atom is 0.341 e. The van der Waals surface area contributed by atoms with E-state index in [0.717, 1.165) is 44.9 Å². The predicted molar refractivity (Wildman–Crippen MR) is 118 cm³/mol. The minimum absolute atomic E-state index is 0.131. The molecule has 31 heavy (non-hydrogen) atoms. The average molecular weight is 418 g/mol. The zero-order valence-electron chi connectivity index (χ0n) is 18.5. The quantitative estimate of drug-likeness (QED) is 0.494. The van der Waals surface area contributed by atoms with E-state index in [-0.39, 0.29) is 16.8 Å². The summed E-state index contributed by atoms with van der Waals surface area (Å²) < 4.78 is 6.16. The van der Waals surface area contributed by atoms with Crippen molar-refractivity contribution < 1.29 is 14.3 Å². The van der Waals surface area contributed by atoms with Crippen molar-refractivity contribution in [1.82, 2.24) is 4.98 Å². The average Bonchev–Trinajstić information content (AvgIpc) is 3.07. The summed E-state index contributed by atoms with van der Waals surface area (Å²) in [4.78, 5) is 29.0. The molecule has 5 rings (SSSR count). The Hall–Kier alpha value is -2.41. The highest BCUT2D eigenvalue weighted by molar-refractivity contribution is 5.91. The van der Waals surface area contributed by atoms with Gasteiger partial charge in [-0.3, -0.25) is 9.78 Å². The number of rotatable bonds is 2. The lowest BCUT2D eigenvalue weighted by Gasteiger charge is -2.58. The molecule has 0 unspecified atom stereocenters. The molecular weight excluding hydrogens is 386 g/mol. The normalized spacial score (nSPS) is 41.3. The van der Waals surface area contributed by atoms with Gasteiger partial charge in [-0.25, -0.2) is 4.79 Å². The van der Waals surface area contributed by atoms with E-state index in [4.69, 9.17) is 11.2 Å². The zero-order chi connectivity index (χ0) is 21.9. The minimum Gasteiger partial charge on any atom is -0.442 e. The van der Waals surface area contributed by atoms with Crippen LogP contribution >= 0.6 is 0 Å². The molecule has 3 fully saturated rings. The number of allylic oxidation sites excluding steroid dienone is 1. The Labute approximate surface area is 184 Å². The van der Waals surface area contributed by atoms with Crippen molar-refractivity contribution in [3.8, 4) is 12.3 Å². The standard InChI is InChI=1S/C27H31NO3/c1-4-27(31-24(30)18-6-5-15-28-17-18)14-11-23-21-8-7-19-16-20(29)9-12-25(19,2)22(21)10-13-26(23,27)3/h1,5-6,15-17,21-23H,7-14H2,2-3H3/t21-,22+,23+,25+,26+,27+/m1/s1. The summed E-state index contributed by atoms with van der Waals surface area (Å²) in [6.07, 6.45) is 18.8. The first-order chi connectivity index (χ1) is 14.8. The second-order valence-corrected chi connectivity index (χ2v) is 10.6. The number of esters is 1. The molecule has 4 aliphatic rings. The molecule has 4 aliphatic carbocycles. The van der Waals surface area contributed by atoms with Crippen LogP contribution in [0.25, 0.3) is 0 Å². The minimum atomic E-state index is -0.866. The first kappa shape index (κ1) is 20.5. The molecule has 0 bridgehead atoms. The van der Waals surface area contributed by atoms with Gasteiger partial charge >= 0.3 is 5.97 Å². The molecule has 0 aliphatic heterocycles. The molecule has 1 aromatic heterocycles. The summed E-state index contributed by atoms with van der Waals surface area (Å²) in [5.74, 6) is 4.48. The Bertz CT molecular complexity index is 991. The highest BCUT2D eigenvalue weighted by Crippen LogP contribution is 2.68. The summed E-state index contributed by atoms with van der Waals surface area (Å²) in [5, 5.41) is 0. The number of nitrogens with zero attached hydrogens (tertiary/aromatic N) is 1. The Balaban J connectivity index is 1.44. The van der Waals surface area contributed by atoms with Crippen LogP contribution in [-0.4, -0.2) is 22.3 Å². The number of fused-ring (bicyclic) bond motifs is 5. The summed E-state index contributed by atoms with van der Waals surface area (Å²) in [5.41, 5.74) is 0.867. The van der Waals surface area contributed by atoms with Gasteiger partial charge in [0.15, 0.2) is 11.4 Å². The number of terminal acetylenes is 1. The van der Waals surface area contributed by atoms with Crippen LogP contribution in [-0.2, 0) is 9.53 Å². The van der Waals surface area contributed by atoms with Gasteiger partial charge in [-0.15, -0.1) is 6.42 Å². The molecule has 0 aromatic carbocycles. The molecule has 0 N–H and O–H groups in total. The highest BCUT2D eigenvalue weighted by Gasteiger charge is 2.65. The zero-order valence-corrected chi connectivity index (χ0v) is 18.5. The molecule has 4 nitrogen and oxygen atoms in total. The van der Waals surface area contributed by atoms with Gasteiger partial charge in [0.05, 0.1) is 5.56 Å². The Kier molecular flexibility index (Phi) is 4.66. The lowest BCUT2D eigenvalue weighted by atomic mass is 9.46. The van der Waals surface area contributed by atoms with Gasteiger partial charge in [-0.2, -0.15) is 0 Å². The van der Waals surface area contributed by atoms with E-state index < -0.39 is 5.60 Å². The van der Waals surface area contributed by atoms with Gasteiger partial charge in [0.1, 0.15) is 0 Å². The molecule has 0 spiro atoms. The number of pyridine rings is 1. The highest BCUT2D eigenvalue weighted by atomic mass is 16.6. The van der Waals surface area contributed by atoms with Gasteiger partial charge in [0, 0.05) is 24.2 Å². The lowest BCUT2D eigenvalue weighted by molar-refractivity contribution is -0.120. The fourth-order valence-corrected chi connectivity index (χ4v) is 7.69. The topological polar surface area (TPSA) is 56.3 Å². The number of carbonyl (C=O) groups excluding carboxylic acids is 2. The van der Waals surface area contributed by atoms with Crippen LogP contribution in [0.1, 0.15) is 75.6 Å². The Morgan fingerprint density at radius 3 is 2.71 bits per heavy atom. The molecule has 1 heterocycles. The fraction of sp³-hybridized carbons (Fsp3) is 0.593. The third-order valence-corrected chi connectivity index (χ3v) is 9.48. The molecule has 0 saturated heterocycles. The van der Waals surface area contributed by atoms with E-state index in [1.807, 2.05) is 6.08 Å². The molecule has 0 amide bonds. The van der Waals surface area contributed by atoms with Crippen LogP contribution in [0.2, 0.25) is 0 Å². The van der Waals surface area contributed by atoms with Crippen molar-refractivity contribution in [3.63, 3.8) is 0 Å². The summed E-state index contributed by atoms with van der Waals surface area (Å²) in [6.45, 7) is 4.64. The van der Waals surface area contributed by atoms with Crippen LogP contribution in [0.15, 0.2) is 36.2 Å². The SMILES string of the molecule is C#C[C@]1(OC(=O)c2cccnc2)CC[C@H]2[C@@H]3CCC4=CC(=O)CC[C@]4(C)[C@H]3CC[C@@]21C. The van der Waals surface area contributed by atoms with Crippen molar-refractivity contribution in [2.75, 3.05) is 0 Å². The number of ether oxygens (including phenoxy) is 1. The molecule has 3 saturated carbocycles. The number of hydrogen-bond acceptors (Lipinski definition) is 4. The third-order valence-electron chi connectivity index (χ3n) is 9.48. The second kappa shape index (κ2) is 7.05. The second-order valence-electron chi connectivity index (χ2n) is 10.6. The summed E-state index contributed by atoms with van der Waals surface area (Å²) >= 11 is 0. The van der Waals surface area contributed by atoms with Crippen LogP contribution in [0.3, 0.4) is 0 Å². The van der Waals surface area contributed by atoms with Crippen LogP contribution in [0, 0.1) is 40.9 Å². The molecule has 6 atom stereocenters. The maximum absolute atomic E-state index is 12.9. The largest absolute Gasteiger partial charge is 0.442 e. The molecular formula is C27H31NO3. The molecule has 162 valence electrons. The van der Waals surface area contributed by atoms with Crippen molar-refractivity contribution in [2.45, 2.75) is 70.8 Å².